The molecule has 0 radical (unpaired) electrons. The molecule has 1 aromatic heterocycles. The second-order valence-electron chi connectivity index (χ2n) is 8.13. The lowest BCUT2D eigenvalue weighted by Gasteiger charge is -2.45. The summed E-state index contributed by atoms with van der Waals surface area (Å²) in [4.78, 5) is 40.7. The highest BCUT2D eigenvalue weighted by molar-refractivity contribution is 7.18. The van der Waals surface area contributed by atoms with Gasteiger partial charge in [-0.15, -0.1) is 11.3 Å². The van der Waals surface area contributed by atoms with Gasteiger partial charge in [0.05, 0.1) is 13.2 Å². The number of rotatable bonds is 8. The van der Waals surface area contributed by atoms with Gasteiger partial charge in [-0.2, -0.15) is 0 Å². The van der Waals surface area contributed by atoms with E-state index in [1.54, 1.807) is 13.8 Å². The Bertz CT molecular complexity index is 1050. The van der Waals surface area contributed by atoms with E-state index in [0.29, 0.717) is 16.1 Å². The lowest BCUT2D eigenvalue weighted by atomic mass is 9.98. The van der Waals surface area contributed by atoms with E-state index in [2.05, 4.69) is 0 Å². The van der Waals surface area contributed by atoms with Crippen molar-refractivity contribution in [2.75, 3.05) is 25.2 Å². The van der Waals surface area contributed by atoms with Crippen LogP contribution in [0.25, 0.3) is 0 Å². The predicted octanol–water partition coefficient (Wildman–Crippen LogP) is 3.72. The molecule has 1 aromatic carbocycles. The van der Waals surface area contributed by atoms with Crippen LogP contribution in [0.15, 0.2) is 30.3 Å². The van der Waals surface area contributed by atoms with Crippen molar-refractivity contribution < 1.29 is 34.1 Å². The molecule has 2 N–H and O–H groups in total. The summed E-state index contributed by atoms with van der Waals surface area (Å²) in [6, 6.07) is 8.59. The minimum absolute atomic E-state index is 0.0491. The molecule has 2 heterocycles. The summed E-state index contributed by atoms with van der Waals surface area (Å²) in [5, 5.41) is 21.3. The van der Waals surface area contributed by atoms with Gasteiger partial charge in [0.25, 0.3) is 0 Å². The standard InChI is InChI=1S/C23H28N2O7S/c1-6-32-20(27)17-13(2)16-18(26)25(23(3,4)21(28)29)22(30)24(19(16)33-17)12-15(31-5)14-10-8-7-9-11-14/h7-11,15,18,26H,6,12H2,1-5H3,(H,28,29)/t15-,18?/m1/s1. The van der Waals surface area contributed by atoms with Gasteiger partial charge in [-0.3, -0.25) is 9.80 Å². The van der Waals surface area contributed by atoms with Crippen molar-refractivity contribution in [2.24, 2.45) is 0 Å². The van der Waals surface area contributed by atoms with Gasteiger partial charge in [0.2, 0.25) is 0 Å². The molecule has 2 atom stereocenters. The molecular formula is C23H28N2O7S. The van der Waals surface area contributed by atoms with Crippen LogP contribution in [-0.4, -0.2) is 58.9 Å². The van der Waals surface area contributed by atoms with Crippen LogP contribution in [-0.2, 0) is 14.3 Å². The first-order valence-corrected chi connectivity index (χ1v) is 11.3. The average molecular weight is 477 g/mol. The van der Waals surface area contributed by atoms with Crippen molar-refractivity contribution >= 4 is 34.3 Å². The number of carbonyl (C=O) groups excluding carboxylic acids is 2. The van der Waals surface area contributed by atoms with Crippen LogP contribution in [0, 0.1) is 6.92 Å². The Balaban J connectivity index is 2.16. The number of hydrogen-bond acceptors (Lipinski definition) is 7. The van der Waals surface area contributed by atoms with E-state index in [1.807, 2.05) is 30.3 Å². The maximum atomic E-state index is 13.6. The summed E-state index contributed by atoms with van der Waals surface area (Å²) in [5.41, 5.74) is -0.151. The van der Waals surface area contributed by atoms with Gasteiger partial charge in [-0.25, -0.2) is 14.4 Å². The Hall–Kier alpha value is -2.95. The van der Waals surface area contributed by atoms with Gasteiger partial charge in [0.15, 0.2) is 6.23 Å². The Morgan fingerprint density at radius 2 is 1.88 bits per heavy atom. The number of thiophene rings is 1. The Morgan fingerprint density at radius 3 is 2.42 bits per heavy atom. The molecule has 0 saturated carbocycles. The molecule has 0 aliphatic carbocycles. The lowest BCUT2D eigenvalue weighted by molar-refractivity contribution is -0.153. The Morgan fingerprint density at radius 1 is 1.24 bits per heavy atom. The van der Waals surface area contributed by atoms with Crippen LogP contribution in [0.5, 0.6) is 0 Å². The van der Waals surface area contributed by atoms with E-state index in [4.69, 9.17) is 9.47 Å². The molecular weight excluding hydrogens is 448 g/mol. The normalized spacial score (nSPS) is 17.0. The number of amides is 2. The van der Waals surface area contributed by atoms with Crippen molar-refractivity contribution in [3.63, 3.8) is 0 Å². The molecule has 2 aromatic rings. The second kappa shape index (κ2) is 9.50. The topological polar surface area (TPSA) is 117 Å². The molecule has 0 spiro atoms. The molecule has 33 heavy (non-hydrogen) atoms. The molecule has 1 aliphatic rings. The first-order valence-electron chi connectivity index (χ1n) is 10.5. The molecule has 0 fully saturated rings. The molecule has 0 saturated heterocycles. The summed E-state index contributed by atoms with van der Waals surface area (Å²) >= 11 is 1.04. The van der Waals surface area contributed by atoms with Crippen molar-refractivity contribution in [1.29, 1.82) is 0 Å². The number of aliphatic hydroxyl groups excluding tert-OH is 1. The average Bonchev–Trinajstić information content (AvgIpc) is 3.12. The third-order valence-corrected chi connectivity index (χ3v) is 7.06. The van der Waals surface area contributed by atoms with E-state index in [-0.39, 0.29) is 18.0 Å². The van der Waals surface area contributed by atoms with Gasteiger partial charge in [0, 0.05) is 12.7 Å². The number of hydrogen-bond donors (Lipinski definition) is 2. The number of anilines is 1. The molecule has 178 valence electrons. The van der Waals surface area contributed by atoms with Crippen LogP contribution < -0.4 is 4.90 Å². The maximum absolute atomic E-state index is 13.6. The number of esters is 1. The van der Waals surface area contributed by atoms with Gasteiger partial charge in [-0.05, 0) is 38.8 Å². The van der Waals surface area contributed by atoms with Crippen molar-refractivity contribution in [3.8, 4) is 0 Å². The third-order valence-electron chi connectivity index (χ3n) is 5.75. The number of carbonyl (C=O) groups is 3. The van der Waals surface area contributed by atoms with Gasteiger partial charge >= 0.3 is 18.0 Å². The highest BCUT2D eigenvalue weighted by Gasteiger charge is 2.50. The predicted molar refractivity (Wildman–Crippen MR) is 122 cm³/mol. The number of nitrogens with zero attached hydrogens (tertiary/aromatic N) is 2. The smallest absolute Gasteiger partial charge is 0.348 e. The minimum Gasteiger partial charge on any atom is -0.480 e. The molecule has 0 bridgehead atoms. The van der Waals surface area contributed by atoms with Gasteiger partial charge in [0.1, 0.15) is 21.5 Å². The highest BCUT2D eigenvalue weighted by atomic mass is 32.1. The second-order valence-corrected chi connectivity index (χ2v) is 9.13. The first-order chi connectivity index (χ1) is 15.6. The van der Waals surface area contributed by atoms with Gasteiger partial charge < -0.3 is 19.7 Å². The minimum atomic E-state index is -1.72. The summed E-state index contributed by atoms with van der Waals surface area (Å²) < 4.78 is 10.8. The van der Waals surface area contributed by atoms with Crippen molar-refractivity contribution in [2.45, 2.75) is 45.6 Å². The quantitative estimate of drug-likeness (QED) is 0.558. The zero-order valence-corrected chi connectivity index (χ0v) is 20.0. The van der Waals surface area contributed by atoms with Crippen LogP contribution in [0.1, 0.15) is 59.5 Å². The fourth-order valence-corrected chi connectivity index (χ4v) is 5.05. The largest absolute Gasteiger partial charge is 0.480 e. The molecule has 1 aliphatic heterocycles. The fourth-order valence-electron chi connectivity index (χ4n) is 3.82. The van der Waals surface area contributed by atoms with E-state index in [0.717, 1.165) is 21.8 Å². The maximum Gasteiger partial charge on any atom is 0.348 e. The number of fused-ring (bicyclic) bond motifs is 1. The molecule has 9 nitrogen and oxygen atoms in total. The molecule has 2 amide bonds. The molecule has 10 heteroatoms. The number of aliphatic hydroxyl groups is 1. The number of aliphatic carboxylic acids is 1. The summed E-state index contributed by atoms with van der Waals surface area (Å²) in [6.45, 7) is 6.25. The number of carboxylic acid groups (broad SMARTS) is 1. The van der Waals surface area contributed by atoms with E-state index in [1.165, 1.54) is 25.9 Å². The fraction of sp³-hybridized carbons (Fsp3) is 0.435. The van der Waals surface area contributed by atoms with Crippen LogP contribution in [0.4, 0.5) is 9.80 Å². The van der Waals surface area contributed by atoms with Crippen molar-refractivity contribution in [1.82, 2.24) is 4.90 Å². The highest BCUT2D eigenvalue weighted by Crippen LogP contribution is 2.47. The SMILES string of the molecule is CCOC(=O)c1sc2c(c1C)C(O)N(C(C)(C)C(=O)O)C(=O)N2C[C@@H](OC)c1ccccc1. The van der Waals surface area contributed by atoms with Crippen LogP contribution in [0.2, 0.25) is 0 Å². The zero-order valence-electron chi connectivity index (χ0n) is 19.2. The summed E-state index contributed by atoms with van der Waals surface area (Å²) in [5.74, 6) is -1.84. The Labute approximate surface area is 196 Å². The number of ether oxygens (including phenoxy) is 2. The number of urea groups is 1. The monoisotopic (exact) mass is 476 g/mol. The third kappa shape index (κ3) is 4.33. The first kappa shape index (κ1) is 24.7. The Kier molecular flexibility index (Phi) is 7.11. The van der Waals surface area contributed by atoms with E-state index in [9.17, 15) is 24.6 Å². The van der Waals surface area contributed by atoms with Gasteiger partial charge in [-0.1, -0.05) is 30.3 Å². The molecule has 1 unspecified atom stereocenters. The summed E-state index contributed by atoms with van der Waals surface area (Å²) in [7, 11) is 1.52. The van der Waals surface area contributed by atoms with E-state index >= 15 is 0 Å². The lowest BCUT2D eigenvalue weighted by Crippen LogP contribution is -2.61. The number of carboxylic acids is 1. The van der Waals surface area contributed by atoms with Crippen LogP contribution >= 0.6 is 11.3 Å². The molecule has 3 rings (SSSR count). The zero-order chi connectivity index (χ0) is 24.5. The van der Waals surface area contributed by atoms with Crippen molar-refractivity contribution in [3.05, 3.63) is 51.9 Å². The summed E-state index contributed by atoms with van der Waals surface area (Å²) in [6.07, 6.45) is -2.08. The van der Waals surface area contributed by atoms with Crippen LogP contribution in [0.3, 0.4) is 0 Å². The number of methoxy groups -OCH3 is 1. The van der Waals surface area contributed by atoms with E-state index < -0.39 is 35.8 Å². The number of benzene rings is 1.